The Bertz CT molecular complexity index is 771. The Morgan fingerprint density at radius 2 is 2.25 bits per heavy atom. The highest BCUT2D eigenvalue weighted by Gasteiger charge is 2.41. The molecule has 2 heterocycles. The summed E-state index contributed by atoms with van der Waals surface area (Å²) in [7, 11) is 0. The van der Waals surface area contributed by atoms with Crippen LogP contribution in [-0.4, -0.2) is 28.8 Å². The van der Waals surface area contributed by atoms with Gasteiger partial charge in [-0.05, 0) is 43.7 Å². The normalized spacial score (nSPS) is 22.7. The molecule has 2 N–H and O–H groups in total. The highest BCUT2D eigenvalue weighted by atomic mass is 32.2. The predicted molar refractivity (Wildman–Crippen MR) is 91.9 cm³/mol. The second-order valence-electron chi connectivity index (χ2n) is 6.57. The lowest BCUT2D eigenvalue weighted by molar-refractivity contribution is -0.117. The maximum absolute atomic E-state index is 12.4. The Morgan fingerprint density at radius 1 is 1.42 bits per heavy atom. The van der Waals surface area contributed by atoms with E-state index in [4.69, 9.17) is 10.3 Å². The maximum Gasteiger partial charge on any atom is 0.232 e. The number of anilines is 1. The van der Waals surface area contributed by atoms with Crippen molar-refractivity contribution >= 4 is 23.4 Å². The Morgan fingerprint density at radius 3 is 2.96 bits per heavy atom. The molecule has 1 aliphatic carbocycles. The number of amides is 1. The third kappa shape index (κ3) is 2.61. The fraction of sp³-hybridized carbons (Fsp3) is 0.471. The van der Waals surface area contributed by atoms with Crippen molar-refractivity contribution in [3.8, 4) is 0 Å². The molecule has 2 aliphatic rings. The minimum atomic E-state index is -0.434. The molecule has 24 heavy (non-hydrogen) atoms. The number of thioether (sulfide) groups is 1. The molecule has 1 aromatic heterocycles. The van der Waals surface area contributed by atoms with Crippen molar-refractivity contribution in [2.45, 2.75) is 42.0 Å². The third-order valence-electron chi connectivity index (χ3n) is 4.97. The molecule has 0 spiro atoms. The average Bonchev–Trinajstić information content (AvgIpc) is 3.19. The third-order valence-corrected chi connectivity index (χ3v) is 5.70. The van der Waals surface area contributed by atoms with Gasteiger partial charge in [0.05, 0.1) is 11.5 Å². The predicted octanol–water partition coefficient (Wildman–Crippen LogP) is 2.65. The van der Waals surface area contributed by atoms with Crippen LogP contribution in [0.5, 0.6) is 0 Å². The highest BCUT2D eigenvalue weighted by Crippen LogP contribution is 2.38. The molecule has 1 amide bonds. The van der Waals surface area contributed by atoms with Gasteiger partial charge >= 0.3 is 0 Å². The van der Waals surface area contributed by atoms with Gasteiger partial charge in [-0.15, -0.1) is 11.8 Å². The number of carbonyl (C=O) groups excluding carboxylic acids is 1. The Kier molecular flexibility index (Phi) is 3.85. The molecule has 1 aromatic carbocycles. The van der Waals surface area contributed by atoms with Gasteiger partial charge in [0.1, 0.15) is 0 Å². The quantitative estimate of drug-likeness (QED) is 0.858. The molecule has 1 saturated heterocycles. The summed E-state index contributed by atoms with van der Waals surface area (Å²) >= 11 is 1.66. The molecule has 7 heteroatoms. The smallest absolute Gasteiger partial charge is 0.232 e. The van der Waals surface area contributed by atoms with Gasteiger partial charge in [0, 0.05) is 23.5 Å². The summed E-state index contributed by atoms with van der Waals surface area (Å²) in [5, 5.41) is 4.06. The molecule has 4 rings (SSSR count). The molecular formula is C17H20N4O2S. The van der Waals surface area contributed by atoms with E-state index < -0.39 is 5.54 Å². The zero-order valence-electron chi connectivity index (χ0n) is 13.6. The van der Waals surface area contributed by atoms with E-state index in [9.17, 15) is 4.79 Å². The number of aromatic nitrogens is 2. The average molecular weight is 344 g/mol. The molecular weight excluding hydrogens is 324 g/mol. The van der Waals surface area contributed by atoms with Gasteiger partial charge in [-0.2, -0.15) is 4.98 Å². The van der Waals surface area contributed by atoms with Gasteiger partial charge in [-0.3, -0.25) is 4.79 Å². The summed E-state index contributed by atoms with van der Waals surface area (Å²) in [6.07, 6.45) is 5.30. The van der Waals surface area contributed by atoms with Gasteiger partial charge in [-0.1, -0.05) is 11.2 Å². The molecule has 2 fully saturated rings. The first-order valence-electron chi connectivity index (χ1n) is 8.16. The number of hydrogen-bond donors (Lipinski definition) is 1. The van der Waals surface area contributed by atoms with Crippen LogP contribution in [-0.2, 0) is 10.3 Å². The van der Waals surface area contributed by atoms with E-state index in [0.717, 1.165) is 29.8 Å². The molecule has 1 saturated carbocycles. The van der Waals surface area contributed by atoms with Crippen LogP contribution in [0.25, 0.3) is 0 Å². The first kappa shape index (κ1) is 15.7. The highest BCUT2D eigenvalue weighted by molar-refractivity contribution is 7.98. The largest absolute Gasteiger partial charge is 0.339 e. The zero-order valence-corrected chi connectivity index (χ0v) is 14.4. The number of carbonyl (C=O) groups is 1. The molecule has 6 nitrogen and oxygen atoms in total. The van der Waals surface area contributed by atoms with Crippen LogP contribution >= 0.6 is 11.8 Å². The van der Waals surface area contributed by atoms with Crippen molar-refractivity contribution in [3.63, 3.8) is 0 Å². The summed E-state index contributed by atoms with van der Waals surface area (Å²) in [5.74, 6) is 1.13. The van der Waals surface area contributed by atoms with Gasteiger partial charge in [0.25, 0.3) is 0 Å². The van der Waals surface area contributed by atoms with E-state index in [1.807, 2.05) is 30.5 Å². The minimum Gasteiger partial charge on any atom is -0.339 e. The van der Waals surface area contributed by atoms with Gasteiger partial charge < -0.3 is 15.2 Å². The van der Waals surface area contributed by atoms with Crippen molar-refractivity contribution in [1.29, 1.82) is 0 Å². The Hall–Kier alpha value is -1.86. The molecule has 1 unspecified atom stereocenters. The lowest BCUT2D eigenvalue weighted by atomic mass is 9.77. The van der Waals surface area contributed by atoms with Crippen molar-refractivity contribution in [1.82, 2.24) is 10.1 Å². The monoisotopic (exact) mass is 344 g/mol. The van der Waals surface area contributed by atoms with Crippen molar-refractivity contribution in [3.05, 3.63) is 36.0 Å². The van der Waals surface area contributed by atoms with Crippen LogP contribution in [0.2, 0.25) is 0 Å². The number of hydrogen-bond acceptors (Lipinski definition) is 6. The van der Waals surface area contributed by atoms with Crippen molar-refractivity contribution in [2.24, 2.45) is 5.73 Å². The van der Waals surface area contributed by atoms with Crippen LogP contribution < -0.4 is 10.6 Å². The lowest BCUT2D eigenvalue weighted by Crippen LogP contribution is -2.44. The zero-order chi connectivity index (χ0) is 16.7. The number of nitrogens with two attached hydrogens (primary N) is 1. The fourth-order valence-electron chi connectivity index (χ4n) is 3.29. The lowest BCUT2D eigenvalue weighted by Gasteiger charge is -2.34. The summed E-state index contributed by atoms with van der Waals surface area (Å²) in [4.78, 5) is 19.9. The van der Waals surface area contributed by atoms with E-state index in [1.165, 1.54) is 0 Å². The number of nitrogens with zero attached hydrogens (tertiary/aromatic N) is 3. The summed E-state index contributed by atoms with van der Waals surface area (Å²) < 4.78 is 5.42. The second kappa shape index (κ2) is 5.89. The van der Waals surface area contributed by atoms with Crippen LogP contribution in [0.4, 0.5) is 5.69 Å². The molecule has 1 atom stereocenters. The molecule has 0 bridgehead atoms. The van der Waals surface area contributed by atoms with Crippen molar-refractivity contribution in [2.75, 3.05) is 17.7 Å². The summed E-state index contributed by atoms with van der Waals surface area (Å²) in [5.41, 5.74) is 6.74. The standard InChI is InChI=1S/C17H20N4O2S/c1-24-13-5-2-4-12(9-13)21-10-11(8-14(21)22)15-19-16(20-23-15)17(18)6-3-7-17/h2,4-5,9,11H,3,6-8,10,18H2,1H3. The second-order valence-corrected chi connectivity index (χ2v) is 7.45. The van der Waals surface area contributed by atoms with E-state index in [1.54, 1.807) is 16.7 Å². The SMILES string of the molecule is CSc1cccc(N2CC(c3nc(C4(N)CCC4)no3)CC2=O)c1. The topological polar surface area (TPSA) is 85.2 Å². The summed E-state index contributed by atoms with van der Waals surface area (Å²) in [6.45, 7) is 0.565. The maximum atomic E-state index is 12.4. The van der Waals surface area contributed by atoms with Gasteiger partial charge in [0.2, 0.25) is 11.8 Å². The Balaban J connectivity index is 1.53. The fourth-order valence-corrected chi connectivity index (χ4v) is 3.74. The van der Waals surface area contributed by atoms with E-state index >= 15 is 0 Å². The van der Waals surface area contributed by atoms with Crippen LogP contribution in [0.3, 0.4) is 0 Å². The van der Waals surface area contributed by atoms with Gasteiger partial charge in [-0.25, -0.2) is 0 Å². The van der Waals surface area contributed by atoms with Gasteiger partial charge in [0.15, 0.2) is 5.82 Å². The van der Waals surface area contributed by atoms with E-state index in [2.05, 4.69) is 10.1 Å². The first-order valence-corrected chi connectivity index (χ1v) is 9.39. The number of rotatable bonds is 4. The van der Waals surface area contributed by atoms with E-state index in [0.29, 0.717) is 24.7 Å². The molecule has 126 valence electrons. The minimum absolute atomic E-state index is 0.0691. The molecule has 0 radical (unpaired) electrons. The van der Waals surface area contributed by atoms with E-state index in [-0.39, 0.29) is 11.8 Å². The number of benzene rings is 1. The Labute approximate surface area is 144 Å². The first-order chi connectivity index (χ1) is 11.6. The van der Waals surface area contributed by atoms with Crippen LogP contribution in [0, 0.1) is 0 Å². The van der Waals surface area contributed by atoms with Crippen molar-refractivity contribution < 1.29 is 9.32 Å². The molecule has 1 aliphatic heterocycles. The molecule has 2 aromatic rings. The summed E-state index contributed by atoms with van der Waals surface area (Å²) in [6, 6.07) is 8.01. The van der Waals surface area contributed by atoms with Crippen LogP contribution in [0.1, 0.15) is 43.3 Å². The van der Waals surface area contributed by atoms with Crippen LogP contribution in [0.15, 0.2) is 33.7 Å².